The topological polar surface area (TPSA) is 57.9 Å². The van der Waals surface area contributed by atoms with Crippen molar-refractivity contribution in [3.05, 3.63) is 47.2 Å². The molecule has 5 heteroatoms. The second-order valence-electron chi connectivity index (χ2n) is 5.22. The van der Waals surface area contributed by atoms with Gasteiger partial charge in [0.05, 0.1) is 11.8 Å². The van der Waals surface area contributed by atoms with Crippen molar-refractivity contribution >= 4 is 16.5 Å². The number of aromatic nitrogens is 1. The fraction of sp³-hybridized carbons (Fsp3) is 0.375. The minimum absolute atomic E-state index is 0.122. The zero-order chi connectivity index (χ0) is 14.7. The minimum atomic E-state index is 0.122. The molecule has 0 spiro atoms. The third-order valence-electron chi connectivity index (χ3n) is 3.77. The van der Waals surface area contributed by atoms with Crippen molar-refractivity contribution in [1.29, 1.82) is 5.26 Å². The van der Waals surface area contributed by atoms with E-state index >= 15 is 0 Å². The molecule has 2 aromatic rings. The van der Waals surface area contributed by atoms with Crippen molar-refractivity contribution in [2.45, 2.75) is 31.9 Å². The van der Waals surface area contributed by atoms with Gasteiger partial charge in [-0.1, -0.05) is 30.3 Å². The SMILES string of the molecule is Cc1nsc(NC2CCOC(c3ccccc3)C2)c1C#N. The Balaban J connectivity index is 1.71. The van der Waals surface area contributed by atoms with Gasteiger partial charge >= 0.3 is 0 Å². The van der Waals surface area contributed by atoms with Gasteiger partial charge in [-0.2, -0.15) is 9.64 Å². The van der Waals surface area contributed by atoms with Gasteiger partial charge in [0.1, 0.15) is 16.6 Å². The molecule has 1 saturated heterocycles. The summed E-state index contributed by atoms with van der Waals surface area (Å²) >= 11 is 1.37. The van der Waals surface area contributed by atoms with Gasteiger partial charge in [-0.3, -0.25) is 0 Å². The number of benzene rings is 1. The van der Waals surface area contributed by atoms with Crippen LogP contribution in [0.1, 0.15) is 35.8 Å². The molecule has 2 heterocycles. The maximum absolute atomic E-state index is 9.20. The number of nitrogens with one attached hydrogen (secondary N) is 1. The van der Waals surface area contributed by atoms with E-state index in [1.807, 2.05) is 25.1 Å². The predicted molar refractivity (Wildman–Crippen MR) is 83.3 cm³/mol. The van der Waals surface area contributed by atoms with E-state index in [0.717, 1.165) is 30.1 Å². The largest absolute Gasteiger partial charge is 0.373 e. The first-order valence-corrected chi connectivity index (χ1v) is 7.84. The van der Waals surface area contributed by atoms with Crippen LogP contribution in [0.25, 0.3) is 0 Å². The standard InChI is InChI=1S/C16H17N3OS/c1-11-14(10-17)16(21-19-11)18-13-7-8-20-15(9-13)12-5-3-2-4-6-12/h2-6,13,15,18H,7-9H2,1H3. The highest BCUT2D eigenvalue weighted by atomic mass is 32.1. The van der Waals surface area contributed by atoms with Crippen LogP contribution in [0.2, 0.25) is 0 Å². The molecule has 0 aliphatic carbocycles. The molecule has 1 aliphatic heterocycles. The lowest BCUT2D eigenvalue weighted by atomic mass is 9.97. The monoisotopic (exact) mass is 299 g/mol. The highest BCUT2D eigenvalue weighted by molar-refractivity contribution is 7.10. The second-order valence-corrected chi connectivity index (χ2v) is 5.99. The Kier molecular flexibility index (Phi) is 4.18. The number of ether oxygens (including phenoxy) is 1. The summed E-state index contributed by atoms with van der Waals surface area (Å²) in [5.74, 6) is 0. The maximum atomic E-state index is 9.20. The number of anilines is 1. The van der Waals surface area contributed by atoms with Crippen molar-refractivity contribution in [1.82, 2.24) is 4.37 Å². The summed E-state index contributed by atoms with van der Waals surface area (Å²) < 4.78 is 10.1. The summed E-state index contributed by atoms with van der Waals surface area (Å²) in [6, 6.07) is 12.8. The van der Waals surface area contributed by atoms with Crippen molar-refractivity contribution in [2.75, 3.05) is 11.9 Å². The lowest BCUT2D eigenvalue weighted by Crippen LogP contribution is -2.30. The number of hydrogen-bond donors (Lipinski definition) is 1. The molecule has 3 rings (SSSR count). The molecular formula is C16H17N3OS. The second kappa shape index (κ2) is 6.25. The Morgan fingerprint density at radius 3 is 2.95 bits per heavy atom. The van der Waals surface area contributed by atoms with E-state index < -0.39 is 0 Å². The molecule has 1 aromatic carbocycles. The van der Waals surface area contributed by atoms with Crippen molar-refractivity contribution in [3.8, 4) is 6.07 Å². The Bertz CT molecular complexity index is 647. The molecular weight excluding hydrogens is 282 g/mol. The third kappa shape index (κ3) is 3.07. The molecule has 4 nitrogen and oxygen atoms in total. The van der Waals surface area contributed by atoms with Crippen LogP contribution in [0.5, 0.6) is 0 Å². The molecule has 1 aromatic heterocycles. The van der Waals surface area contributed by atoms with Crippen LogP contribution in [0.4, 0.5) is 5.00 Å². The number of nitrogens with zero attached hydrogens (tertiary/aromatic N) is 2. The summed E-state index contributed by atoms with van der Waals surface area (Å²) in [4.78, 5) is 0. The summed E-state index contributed by atoms with van der Waals surface area (Å²) in [5.41, 5.74) is 2.68. The summed E-state index contributed by atoms with van der Waals surface area (Å²) in [6.07, 6.45) is 1.98. The summed E-state index contributed by atoms with van der Waals surface area (Å²) in [7, 11) is 0. The molecule has 108 valence electrons. The first kappa shape index (κ1) is 14.1. The average molecular weight is 299 g/mol. The molecule has 0 saturated carbocycles. The molecule has 1 N–H and O–H groups in total. The van der Waals surface area contributed by atoms with Crippen molar-refractivity contribution in [2.24, 2.45) is 0 Å². The zero-order valence-electron chi connectivity index (χ0n) is 11.9. The molecule has 0 amide bonds. The quantitative estimate of drug-likeness (QED) is 0.939. The molecule has 0 radical (unpaired) electrons. The molecule has 2 atom stereocenters. The molecule has 2 unspecified atom stereocenters. The van der Waals surface area contributed by atoms with E-state index in [1.54, 1.807) is 0 Å². The number of rotatable bonds is 3. The predicted octanol–water partition coefficient (Wildman–Crippen LogP) is 3.66. The van der Waals surface area contributed by atoms with Crippen LogP contribution in [0, 0.1) is 18.3 Å². The van der Waals surface area contributed by atoms with Gasteiger partial charge < -0.3 is 10.1 Å². The van der Waals surface area contributed by atoms with E-state index in [0.29, 0.717) is 11.6 Å². The Hall–Kier alpha value is -1.90. The van der Waals surface area contributed by atoms with Gasteiger partial charge in [0.25, 0.3) is 0 Å². The van der Waals surface area contributed by atoms with Crippen LogP contribution in [-0.2, 0) is 4.74 Å². The lowest BCUT2D eigenvalue weighted by Gasteiger charge is -2.30. The highest BCUT2D eigenvalue weighted by Crippen LogP contribution is 2.32. The lowest BCUT2D eigenvalue weighted by molar-refractivity contribution is 0.00984. The molecule has 1 fully saturated rings. The van der Waals surface area contributed by atoms with Gasteiger partial charge in [-0.05, 0) is 36.9 Å². The average Bonchev–Trinajstić information content (AvgIpc) is 2.88. The van der Waals surface area contributed by atoms with Crippen molar-refractivity contribution < 1.29 is 4.74 Å². The van der Waals surface area contributed by atoms with Crippen molar-refractivity contribution in [3.63, 3.8) is 0 Å². The van der Waals surface area contributed by atoms with E-state index in [1.165, 1.54) is 17.1 Å². The van der Waals surface area contributed by atoms with Gasteiger partial charge in [0, 0.05) is 12.6 Å². The van der Waals surface area contributed by atoms with Crippen LogP contribution >= 0.6 is 11.5 Å². The van der Waals surface area contributed by atoms with E-state index in [4.69, 9.17) is 4.74 Å². The smallest absolute Gasteiger partial charge is 0.127 e. The minimum Gasteiger partial charge on any atom is -0.373 e. The highest BCUT2D eigenvalue weighted by Gasteiger charge is 2.25. The zero-order valence-corrected chi connectivity index (χ0v) is 12.7. The number of aryl methyl sites for hydroxylation is 1. The molecule has 21 heavy (non-hydrogen) atoms. The Morgan fingerprint density at radius 1 is 1.38 bits per heavy atom. The van der Waals surface area contributed by atoms with Crippen LogP contribution < -0.4 is 5.32 Å². The van der Waals surface area contributed by atoms with Crippen LogP contribution in [0.15, 0.2) is 30.3 Å². The summed E-state index contributed by atoms with van der Waals surface area (Å²) in [5, 5.41) is 13.6. The fourth-order valence-electron chi connectivity index (χ4n) is 2.61. The van der Waals surface area contributed by atoms with Gasteiger partial charge in [0.15, 0.2) is 0 Å². The first-order valence-electron chi connectivity index (χ1n) is 7.07. The fourth-order valence-corrected chi connectivity index (χ4v) is 3.44. The molecule has 1 aliphatic rings. The van der Waals surface area contributed by atoms with E-state index in [9.17, 15) is 5.26 Å². The van der Waals surface area contributed by atoms with Crippen LogP contribution in [-0.4, -0.2) is 17.0 Å². The Morgan fingerprint density at radius 2 is 2.19 bits per heavy atom. The Labute approximate surface area is 128 Å². The van der Waals surface area contributed by atoms with Gasteiger partial charge in [-0.15, -0.1) is 0 Å². The number of nitriles is 1. The normalized spacial score (nSPS) is 21.7. The van der Waals surface area contributed by atoms with E-state index in [2.05, 4.69) is 27.9 Å². The summed E-state index contributed by atoms with van der Waals surface area (Å²) in [6.45, 7) is 2.61. The van der Waals surface area contributed by atoms with Gasteiger partial charge in [0.2, 0.25) is 0 Å². The first-order chi connectivity index (χ1) is 10.3. The van der Waals surface area contributed by atoms with Crippen LogP contribution in [0.3, 0.4) is 0 Å². The third-order valence-corrected chi connectivity index (χ3v) is 4.63. The van der Waals surface area contributed by atoms with E-state index in [-0.39, 0.29) is 6.10 Å². The molecule has 0 bridgehead atoms. The maximum Gasteiger partial charge on any atom is 0.127 e. The number of hydrogen-bond acceptors (Lipinski definition) is 5. The van der Waals surface area contributed by atoms with Gasteiger partial charge in [-0.25, -0.2) is 0 Å².